The summed E-state index contributed by atoms with van der Waals surface area (Å²) in [6, 6.07) is 8.91. The molecule has 0 heterocycles. The minimum absolute atomic E-state index is 0.104. The number of benzene rings is 1. The molecule has 0 aliphatic carbocycles. The highest BCUT2D eigenvalue weighted by Crippen LogP contribution is 2.10. The minimum Gasteiger partial charge on any atom is -0.481 e. The summed E-state index contributed by atoms with van der Waals surface area (Å²) in [5, 5.41) is 11.2. The molecule has 6 heteroatoms. The van der Waals surface area contributed by atoms with Crippen molar-refractivity contribution in [2.75, 3.05) is 13.7 Å². The molecule has 0 fully saturated rings. The molecule has 0 aromatic heterocycles. The summed E-state index contributed by atoms with van der Waals surface area (Å²) in [6.07, 6.45) is -1.78. The van der Waals surface area contributed by atoms with Crippen molar-refractivity contribution < 1.29 is 24.2 Å². The van der Waals surface area contributed by atoms with Crippen LogP contribution < -0.4 is 10.1 Å². The van der Waals surface area contributed by atoms with Crippen LogP contribution >= 0.6 is 0 Å². The largest absolute Gasteiger partial charge is 0.481 e. The molecule has 2 N–H and O–H groups in total. The number of rotatable bonds is 7. The second kappa shape index (κ2) is 7.38. The van der Waals surface area contributed by atoms with E-state index < -0.39 is 24.1 Å². The van der Waals surface area contributed by atoms with Gasteiger partial charge in [0.1, 0.15) is 5.75 Å². The van der Waals surface area contributed by atoms with E-state index in [1.807, 2.05) is 6.07 Å². The number of carbonyl (C=O) groups is 2. The van der Waals surface area contributed by atoms with Crippen molar-refractivity contribution in [2.24, 2.45) is 0 Å². The van der Waals surface area contributed by atoms with E-state index in [0.29, 0.717) is 5.75 Å². The Morgan fingerprint density at radius 3 is 2.47 bits per heavy atom. The fourth-order valence-corrected chi connectivity index (χ4v) is 1.37. The van der Waals surface area contributed by atoms with Crippen LogP contribution in [0.2, 0.25) is 0 Å². The van der Waals surface area contributed by atoms with Gasteiger partial charge in [0.05, 0.1) is 6.54 Å². The first-order valence-electron chi connectivity index (χ1n) is 5.79. The summed E-state index contributed by atoms with van der Waals surface area (Å²) in [6.45, 7) is 1.48. The second-order valence-corrected chi connectivity index (χ2v) is 3.88. The lowest BCUT2D eigenvalue weighted by atomic mass is 10.3. The third-order valence-electron chi connectivity index (χ3n) is 2.45. The molecule has 104 valence electrons. The number of carboxylic acid groups (broad SMARTS) is 1. The summed E-state index contributed by atoms with van der Waals surface area (Å²) < 4.78 is 10.1. The van der Waals surface area contributed by atoms with Crippen LogP contribution in [0.25, 0.3) is 0 Å². The van der Waals surface area contributed by atoms with E-state index in [9.17, 15) is 9.59 Å². The molecular formula is C13H17NO5. The maximum absolute atomic E-state index is 11.7. The number of hydrogen-bond acceptors (Lipinski definition) is 4. The molecule has 1 aromatic carbocycles. The lowest BCUT2D eigenvalue weighted by Crippen LogP contribution is -2.43. The highest BCUT2D eigenvalue weighted by molar-refractivity contribution is 5.81. The third kappa shape index (κ3) is 4.97. The van der Waals surface area contributed by atoms with E-state index in [2.05, 4.69) is 5.32 Å². The van der Waals surface area contributed by atoms with Gasteiger partial charge in [0.2, 0.25) is 0 Å². The van der Waals surface area contributed by atoms with Crippen molar-refractivity contribution in [3.63, 3.8) is 0 Å². The fourth-order valence-electron chi connectivity index (χ4n) is 1.37. The average molecular weight is 267 g/mol. The van der Waals surface area contributed by atoms with Crippen molar-refractivity contribution in [2.45, 2.75) is 19.1 Å². The van der Waals surface area contributed by atoms with Crippen LogP contribution in [0.5, 0.6) is 5.75 Å². The smallest absolute Gasteiger partial charge is 0.334 e. The Kier molecular flexibility index (Phi) is 5.81. The highest BCUT2D eigenvalue weighted by atomic mass is 16.5. The maximum atomic E-state index is 11.7. The Hall–Kier alpha value is -2.08. The molecule has 2 unspecified atom stereocenters. The Morgan fingerprint density at radius 1 is 1.32 bits per heavy atom. The van der Waals surface area contributed by atoms with Crippen molar-refractivity contribution in [3.05, 3.63) is 30.3 Å². The molecule has 0 saturated heterocycles. The monoisotopic (exact) mass is 267 g/mol. The number of ether oxygens (including phenoxy) is 2. The molecule has 0 radical (unpaired) electrons. The number of methoxy groups -OCH3 is 1. The third-order valence-corrected chi connectivity index (χ3v) is 2.45. The van der Waals surface area contributed by atoms with E-state index in [4.69, 9.17) is 14.6 Å². The summed E-state index contributed by atoms with van der Waals surface area (Å²) >= 11 is 0. The van der Waals surface area contributed by atoms with Gasteiger partial charge in [0.25, 0.3) is 5.91 Å². The molecule has 0 saturated carbocycles. The first-order chi connectivity index (χ1) is 9.04. The maximum Gasteiger partial charge on any atom is 0.334 e. The fraction of sp³-hybridized carbons (Fsp3) is 0.385. The Morgan fingerprint density at radius 2 is 1.95 bits per heavy atom. The van der Waals surface area contributed by atoms with Crippen LogP contribution in [0.4, 0.5) is 0 Å². The van der Waals surface area contributed by atoms with Gasteiger partial charge in [0.15, 0.2) is 12.2 Å². The summed E-state index contributed by atoms with van der Waals surface area (Å²) in [4.78, 5) is 22.4. The van der Waals surface area contributed by atoms with Crippen molar-refractivity contribution in [1.29, 1.82) is 0 Å². The number of para-hydroxylation sites is 1. The molecule has 0 bridgehead atoms. The predicted molar refractivity (Wildman–Crippen MR) is 68.0 cm³/mol. The number of nitrogens with one attached hydrogen (secondary N) is 1. The zero-order chi connectivity index (χ0) is 14.3. The van der Waals surface area contributed by atoms with Crippen LogP contribution in [0, 0.1) is 0 Å². The highest BCUT2D eigenvalue weighted by Gasteiger charge is 2.20. The molecule has 6 nitrogen and oxygen atoms in total. The number of carbonyl (C=O) groups excluding carboxylic acids is 1. The van der Waals surface area contributed by atoms with Crippen LogP contribution in [-0.4, -0.2) is 42.8 Å². The normalized spacial score (nSPS) is 13.4. The van der Waals surface area contributed by atoms with Crippen molar-refractivity contribution >= 4 is 11.9 Å². The summed E-state index contributed by atoms with van der Waals surface area (Å²) in [5.41, 5.74) is 0. The molecule has 1 aromatic rings. The van der Waals surface area contributed by atoms with E-state index in [1.165, 1.54) is 7.11 Å². The van der Waals surface area contributed by atoms with E-state index in [0.717, 1.165) is 0 Å². The van der Waals surface area contributed by atoms with Gasteiger partial charge in [-0.3, -0.25) is 4.79 Å². The molecule has 2 atom stereocenters. The van der Waals surface area contributed by atoms with Crippen molar-refractivity contribution in [3.8, 4) is 5.75 Å². The molecular weight excluding hydrogens is 250 g/mol. The first kappa shape index (κ1) is 15.0. The second-order valence-electron chi connectivity index (χ2n) is 3.88. The lowest BCUT2D eigenvalue weighted by Gasteiger charge is -2.16. The topological polar surface area (TPSA) is 84.9 Å². The standard InChI is InChI=1S/C13H17NO5/c1-9(19-10-6-4-3-5-7-10)12(15)14-8-11(18-2)13(16)17/h3-7,9,11H,8H2,1-2H3,(H,14,15)(H,16,17). The van der Waals surface area contributed by atoms with Gasteiger partial charge in [-0.2, -0.15) is 0 Å². The zero-order valence-electron chi connectivity index (χ0n) is 10.8. The number of hydrogen-bond donors (Lipinski definition) is 2. The Labute approximate surface area is 111 Å². The molecule has 0 aliphatic rings. The van der Waals surface area contributed by atoms with Crippen LogP contribution in [0.15, 0.2) is 30.3 Å². The SMILES string of the molecule is COC(CNC(=O)C(C)Oc1ccccc1)C(=O)O. The first-order valence-corrected chi connectivity index (χ1v) is 5.79. The zero-order valence-corrected chi connectivity index (χ0v) is 10.8. The molecule has 19 heavy (non-hydrogen) atoms. The lowest BCUT2D eigenvalue weighted by molar-refractivity contribution is -0.148. The Balaban J connectivity index is 2.43. The van der Waals surface area contributed by atoms with Crippen LogP contribution in [0.1, 0.15) is 6.92 Å². The summed E-state index contributed by atoms with van der Waals surface area (Å²) in [5.74, 6) is -0.946. The minimum atomic E-state index is -1.13. The predicted octanol–water partition coefficient (Wildman–Crippen LogP) is 0.670. The van der Waals surface area contributed by atoms with E-state index in [-0.39, 0.29) is 6.54 Å². The van der Waals surface area contributed by atoms with Gasteiger partial charge in [-0.05, 0) is 19.1 Å². The quantitative estimate of drug-likeness (QED) is 0.758. The number of amides is 1. The van der Waals surface area contributed by atoms with Gasteiger partial charge in [-0.15, -0.1) is 0 Å². The van der Waals surface area contributed by atoms with Gasteiger partial charge in [-0.25, -0.2) is 4.79 Å². The van der Waals surface area contributed by atoms with E-state index >= 15 is 0 Å². The van der Waals surface area contributed by atoms with Gasteiger partial charge in [0, 0.05) is 7.11 Å². The van der Waals surface area contributed by atoms with Gasteiger partial charge < -0.3 is 19.9 Å². The van der Waals surface area contributed by atoms with Crippen molar-refractivity contribution in [1.82, 2.24) is 5.32 Å². The number of carboxylic acids is 1. The van der Waals surface area contributed by atoms with Crippen LogP contribution in [-0.2, 0) is 14.3 Å². The molecule has 0 spiro atoms. The number of aliphatic carboxylic acids is 1. The van der Waals surface area contributed by atoms with Gasteiger partial charge >= 0.3 is 5.97 Å². The molecule has 0 aliphatic heterocycles. The molecule has 1 rings (SSSR count). The van der Waals surface area contributed by atoms with Crippen LogP contribution in [0.3, 0.4) is 0 Å². The molecule has 1 amide bonds. The Bertz CT molecular complexity index is 420. The van der Waals surface area contributed by atoms with E-state index in [1.54, 1.807) is 31.2 Å². The summed E-state index contributed by atoms with van der Waals surface area (Å²) in [7, 11) is 1.27. The average Bonchev–Trinajstić information content (AvgIpc) is 2.39. The van der Waals surface area contributed by atoms with Gasteiger partial charge in [-0.1, -0.05) is 18.2 Å².